The van der Waals surface area contributed by atoms with Gasteiger partial charge in [0.15, 0.2) is 0 Å². The smallest absolute Gasteiger partial charge is 0.307 e. The fourth-order valence-corrected chi connectivity index (χ4v) is 6.91. The average molecular weight is 417 g/mol. The highest BCUT2D eigenvalue weighted by Crippen LogP contribution is 2.46. The van der Waals surface area contributed by atoms with E-state index in [1.807, 2.05) is 12.2 Å². The Labute approximate surface area is 174 Å². The van der Waals surface area contributed by atoms with Crippen molar-refractivity contribution < 1.29 is 19.5 Å². The van der Waals surface area contributed by atoms with Crippen LogP contribution in [0.1, 0.15) is 59.8 Å². The van der Waals surface area contributed by atoms with Crippen LogP contribution in [-0.2, 0) is 22.4 Å². The monoisotopic (exact) mass is 416 g/mol. The van der Waals surface area contributed by atoms with Crippen LogP contribution in [0.3, 0.4) is 0 Å². The summed E-state index contributed by atoms with van der Waals surface area (Å²) in [6.07, 6.45) is 10.6. The Balaban J connectivity index is 1.61. The molecule has 5 rings (SSSR count). The fourth-order valence-electron chi connectivity index (χ4n) is 5.54. The third kappa shape index (κ3) is 3.61. The molecule has 156 valence electrons. The fraction of sp³-hybridized carbons (Fsp3) is 0.591. The Hall–Kier alpha value is -2.15. The van der Waals surface area contributed by atoms with Crippen molar-refractivity contribution in [3.63, 3.8) is 0 Å². The molecule has 0 spiro atoms. The molecule has 5 atom stereocenters. The molecule has 0 radical (unpaired) electrons. The van der Waals surface area contributed by atoms with Gasteiger partial charge in [0.1, 0.15) is 5.00 Å². The van der Waals surface area contributed by atoms with Crippen LogP contribution in [-0.4, -0.2) is 22.9 Å². The summed E-state index contributed by atoms with van der Waals surface area (Å²) in [6.45, 7) is 2.18. The Bertz CT molecular complexity index is 874. The second-order valence-corrected chi connectivity index (χ2v) is 9.74. The van der Waals surface area contributed by atoms with Gasteiger partial charge in [-0.2, -0.15) is 0 Å². The molecule has 1 heterocycles. The molecule has 0 unspecified atom stereocenters. The zero-order valence-corrected chi connectivity index (χ0v) is 17.5. The molecule has 0 saturated heterocycles. The lowest BCUT2D eigenvalue weighted by atomic mass is 9.62. The molecule has 6 nitrogen and oxygen atoms in total. The van der Waals surface area contributed by atoms with Gasteiger partial charge in [0, 0.05) is 4.88 Å². The molecule has 1 fully saturated rings. The molecule has 0 aromatic carbocycles. The second-order valence-electron chi connectivity index (χ2n) is 8.64. The number of carbonyl (C=O) groups excluding carboxylic acids is 2. The van der Waals surface area contributed by atoms with E-state index in [1.54, 1.807) is 0 Å². The Morgan fingerprint density at radius 1 is 1.17 bits per heavy atom. The van der Waals surface area contributed by atoms with Crippen LogP contribution in [0.25, 0.3) is 0 Å². The molecule has 2 bridgehead atoms. The zero-order chi connectivity index (χ0) is 20.7. The van der Waals surface area contributed by atoms with Crippen LogP contribution in [0, 0.1) is 29.6 Å². The van der Waals surface area contributed by atoms with Gasteiger partial charge in [0.05, 0.1) is 17.4 Å². The molecule has 4 aliphatic rings. The number of nitrogens with two attached hydrogens (primary N) is 1. The lowest BCUT2D eigenvalue weighted by molar-refractivity contribution is -0.151. The van der Waals surface area contributed by atoms with Gasteiger partial charge in [0.25, 0.3) is 5.91 Å². The summed E-state index contributed by atoms with van der Waals surface area (Å²) < 4.78 is 0. The normalized spacial score (nSPS) is 30.0. The van der Waals surface area contributed by atoms with Gasteiger partial charge >= 0.3 is 5.97 Å². The van der Waals surface area contributed by atoms with Gasteiger partial charge in [-0.1, -0.05) is 31.9 Å². The second kappa shape index (κ2) is 7.94. The first-order valence-corrected chi connectivity index (χ1v) is 11.4. The number of aliphatic carboxylic acids is 1. The Morgan fingerprint density at radius 2 is 1.86 bits per heavy atom. The van der Waals surface area contributed by atoms with Crippen molar-refractivity contribution in [3.05, 3.63) is 28.2 Å². The summed E-state index contributed by atoms with van der Waals surface area (Å²) >= 11 is 1.44. The minimum absolute atomic E-state index is 0.0679. The van der Waals surface area contributed by atoms with Gasteiger partial charge < -0.3 is 16.2 Å². The number of anilines is 1. The van der Waals surface area contributed by atoms with Gasteiger partial charge in [-0.15, -0.1) is 11.3 Å². The van der Waals surface area contributed by atoms with Crippen molar-refractivity contribution in [1.29, 1.82) is 0 Å². The molecule has 4 aliphatic carbocycles. The van der Waals surface area contributed by atoms with E-state index in [2.05, 4.69) is 12.2 Å². The number of carboxylic acid groups (broad SMARTS) is 1. The average Bonchev–Trinajstić information content (AvgIpc) is 3.05. The number of allylic oxidation sites excluding steroid dienone is 2. The van der Waals surface area contributed by atoms with E-state index in [4.69, 9.17) is 5.73 Å². The number of amides is 2. The van der Waals surface area contributed by atoms with E-state index in [0.717, 1.165) is 55.4 Å². The number of hydrogen-bond acceptors (Lipinski definition) is 4. The summed E-state index contributed by atoms with van der Waals surface area (Å²) in [5.41, 5.74) is 7.08. The van der Waals surface area contributed by atoms with Crippen molar-refractivity contribution in [2.75, 3.05) is 5.32 Å². The minimum atomic E-state index is -0.924. The maximum absolute atomic E-state index is 13.2. The van der Waals surface area contributed by atoms with E-state index in [1.165, 1.54) is 11.3 Å². The molecular weight excluding hydrogens is 388 g/mol. The van der Waals surface area contributed by atoms with Gasteiger partial charge in [-0.25, -0.2) is 0 Å². The van der Waals surface area contributed by atoms with E-state index >= 15 is 0 Å². The van der Waals surface area contributed by atoms with E-state index < -0.39 is 23.7 Å². The van der Waals surface area contributed by atoms with Gasteiger partial charge in [-0.05, 0) is 55.4 Å². The van der Waals surface area contributed by atoms with Crippen molar-refractivity contribution in [2.45, 2.75) is 51.9 Å². The molecule has 1 aromatic rings. The summed E-state index contributed by atoms with van der Waals surface area (Å²) in [4.78, 5) is 38.4. The first-order chi connectivity index (χ1) is 13.9. The molecule has 7 heteroatoms. The highest BCUT2D eigenvalue weighted by Gasteiger charge is 2.48. The first-order valence-electron chi connectivity index (χ1n) is 10.6. The molecule has 1 aromatic heterocycles. The molecule has 0 aliphatic heterocycles. The Morgan fingerprint density at radius 3 is 2.45 bits per heavy atom. The summed E-state index contributed by atoms with van der Waals surface area (Å²) in [5.74, 6) is -2.63. The van der Waals surface area contributed by atoms with Crippen LogP contribution in [0.5, 0.6) is 0 Å². The molecule has 2 amide bonds. The highest BCUT2D eigenvalue weighted by molar-refractivity contribution is 7.17. The van der Waals surface area contributed by atoms with E-state index in [-0.39, 0.29) is 17.7 Å². The Kier molecular flexibility index (Phi) is 5.51. The van der Waals surface area contributed by atoms with E-state index in [0.29, 0.717) is 16.5 Å². The zero-order valence-electron chi connectivity index (χ0n) is 16.6. The number of thiophene rings is 1. The minimum Gasteiger partial charge on any atom is -0.481 e. The number of rotatable bonds is 6. The maximum Gasteiger partial charge on any atom is 0.307 e. The number of fused-ring (bicyclic) bond motifs is 3. The van der Waals surface area contributed by atoms with Crippen molar-refractivity contribution >= 4 is 34.1 Å². The van der Waals surface area contributed by atoms with E-state index in [9.17, 15) is 19.5 Å². The first kappa shape index (κ1) is 20.1. The van der Waals surface area contributed by atoms with Crippen LogP contribution in [0.2, 0.25) is 0 Å². The standard InChI is InChI=1S/C22H28N2O4S/c1-2-3-11-4-9-14-15(10-11)29-21(18(14)19(23)25)24-20(26)16-12-5-7-13(8-6-12)17(16)22(27)28/h5,7,11-13,16-17H,2-4,6,8-10H2,1H3,(H2,23,25)(H,24,26)(H,27,28)/t11-,12+,13+,16+,17-/m1/s1. The highest BCUT2D eigenvalue weighted by atomic mass is 32.1. The topological polar surface area (TPSA) is 109 Å². The van der Waals surface area contributed by atoms with Crippen molar-refractivity contribution in [1.82, 2.24) is 0 Å². The lowest BCUT2D eigenvalue weighted by Crippen LogP contribution is -2.47. The number of primary amides is 1. The predicted octanol–water partition coefficient (Wildman–Crippen LogP) is 3.60. The molecule has 1 saturated carbocycles. The van der Waals surface area contributed by atoms with Crippen LogP contribution in [0.15, 0.2) is 12.2 Å². The predicted molar refractivity (Wildman–Crippen MR) is 112 cm³/mol. The summed E-state index contributed by atoms with van der Waals surface area (Å²) in [5, 5.41) is 13.1. The van der Waals surface area contributed by atoms with Gasteiger partial charge in [-0.3, -0.25) is 14.4 Å². The van der Waals surface area contributed by atoms with Gasteiger partial charge in [0.2, 0.25) is 5.91 Å². The third-order valence-electron chi connectivity index (χ3n) is 6.88. The SMILES string of the molecule is CCC[C@@H]1CCc2c(sc(NC(=O)[C@@H]3[C@H](C(=O)O)[C@H]4C=C[C@H]3CC4)c2C(N)=O)C1. The summed E-state index contributed by atoms with van der Waals surface area (Å²) in [7, 11) is 0. The van der Waals surface area contributed by atoms with Crippen LogP contribution < -0.4 is 11.1 Å². The lowest BCUT2D eigenvalue weighted by Gasteiger charge is -2.41. The van der Waals surface area contributed by atoms with Crippen molar-refractivity contribution in [3.8, 4) is 0 Å². The summed E-state index contributed by atoms with van der Waals surface area (Å²) in [6, 6.07) is 0. The third-order valence-corrected chi connectivity index (χ3v) is 8.05. The molecule has 29 heavy (non-hydrogen) atoms. The van der Waals surface area contributed by atoms with Crippen LogP contribution >= 0.6 is 11.3 Å². The largest absolute Gasteiger partial charge is 0.481 e. The molecule has 4 N–H and O–H groups in total. The van der Waals surface area contributed by atoms with Crippen molar-refractivity contribution in [2.24, 2.45) is 35.3 Å². The maximum atomic E-state index is 13.2. The number of nitrogens with one attached hydrogen (secondary N) is 1. The quantitative estimate of drug-likeness (QED) is 0.615. The van der Waals surface area contributed by atoms with Crippen LogP contribution in [0.4, 0.5) is 5.00 Å². The number of carboxylic acids is 1. The molecular formula is C22H28N2O4S. The number of hydrogen-bond donors (Lipinski definition) is 3. The number of carbonyl (C=O) groups is 3.